The molecule has 0 saturated carbocycles. The average molecular weight is 288 g/mol. The number of halogens is 3. The summed E-state index contributed by atoms with van der Waals surface area (Å²) in [5, 5.41) is 11.5. The highest BCUT2D eigenvalue weighted by Gasteiger charge is 2.15. The zero-order valence-corrected chi connectivity index (χ0v) is 9.62. The van der Waals surface area contributed by atoms with Crippen molar-refractivity contribution in [3.63, 3.8) is 0 Å². The summed E-state index contributed by atoms with van der Waals surface area (Å²) in [6.45, 7) is 0. The smallest absolute Gasteiger partial charge is 0.328 e. The van der Waals surface area contributed by atoms with Gasteiger partial charge in [0.1, 0.15) is 11.5 Å². The molecular formula is C11H7F3N2O4. The number of rotatable bonds is 3. The summed E-state index contributed by atoms with van der Waals surface area (Å²) in [6, 6.07) is -0.634. The van der Waals surface area contributed by atoms with E-state index in [1.807, 2.05) is 0 Å². The van der Waals surface area contributed by atoms with Gasteiger partial charge in [-0.05, 0) is 0 Å². The molecule has 0 heterocycles. The molecule has 106 valence electrons. The maximum atomic E-state index is 13.2. The van der Waals surface area contributed by atoms with Gasteiger partial charge < -0.3 is 10.4 Å². The molecular weight excluding hydrogens is 281 g/mol. The van der Waals surface area contributed by atoms with Crippen LogP contribution in [0.15, 0.2) is 24.3 Å². The third-order valence-electron chi connectivity index (χ3n) is 1.86. The minimum Gasteiger partial charge on any atom is -0.478 e. The van der Waals surface area contributed by atoms with Crippen LogP contribution in [0, 0.1) is 17.5 Å². The molecule has 20 heavy (non-hydrogen) atoms. The molecule has 0 spiro atoms. The van der Waals surface area contributed by atoms with Crippen LogP contribution in [0.1, 0.15) is 0 Å². The third-order valence-corrected chi connectivity index (χ3v) is 1.86. The van der Waals surface area contributed by atoms with E-state index in [1.165, 1.54) is 0 Å². The number of carboxylic acid groups (broad SMARTS) is 1. The van der Waals surface area contributed by atoms with Gasteiger partial charge in [0.05, 0.1) is 0 Å². The van der Waals surface area contributed by atoms with Gasteiger partial charge in [-0.3, -0.25) is 10.1 Å². The predicted molar refractivity (Wildman–Crippen MR) is 60.3 cm³/mol. The van der Waals surface area contributed by atoms with Crippen molar-refractivity contribution in [1.29, 1.82) is 0 Å². The first-order chi connectivity index (χ1) is 9.29. The molecule has 9 heteroatoms. The van der Waals surface area contributed by atoms with Gasteiger partial charge in [-0.15, -0.1) is 0 Å². The van der Waals surface area contributed by atoms with Gasteiger partial charge in [0, 0.05) is 24.3 Å². The maximum absolute atomic E-state index is 13.2. The molecule has 0 aliphatic heterocycles. The summed E-state index contributed by atoms with van der Waals surface area (Å²) >= 11 is 0. The van der Waals surface area contributed by atoms with Crippen LogP contribution in [-0.4, -0.2) is 23.0 Å². The molecule has 3 N–H and O–H groups in total. The maximum Gasteiger partial charge on any atom is 0.328 e. The highest BCUT2D eigenvalue weighted by atomic mass is 19.1. The van der Waals surface area contributed by atoms with Crippen molar-refractivity contribution >= 4 is 23.6 Å². The van der Waals surface area contributed by atoms with Gasteiger partial charge in [0.2, 0.25) is 0 Å². The van der Waals surface area contributed by atoms with Crippen molar-refractivity contribution in [2.75, 3.05) is 5.32 Å². The van der Waals surface area contributed by atoms with E-state index in [0.29, 0.717) is 24.3 Å². The van der Waals surface area contributed by atoms with Crippen LogP contribution < -0.4 is 10.6 Å². The van der Waals surface area contributed by atoms with Gasteiger partial charge >= 0.3 is 12.0 Å². The first kappa shape index (κ1) is 15.2. The molecule has 0 aliphatic carbocycles. The normalized spacial score (nSPS) is 10.3. The number of amides is 3. The molecule has 0 aliphatic rings. The van der Waals surface area contributed by atoms with E-state index < -0.39 is 41.0 Å². The highest BCUT2D eigenvalue weighted by Crippen LogP contribution is 2.19. The van der Waals surface area contributed by atoms with Crippen LogP contribution in [0.5, 0.6) is 0 Å². The zero-order valence-electron chi connectivity index (χ0n) is 9.62. The lowest BCUT2D eigenvalue weighted by Gasteiger charge is -2.07. The second-order valence-corrected chi connectivity index (χ2v) is 3.36. The number of nitrogens with one attached hydrogen (secondary N) is 2. The molecule has 1 rings (SSSR count). The fourth-order valence-corrected chi connectivity index (χ4v) is 1.11. The molecule has 1 aromatic carbocycles. The van der Waals surface area contributed by atoms with E-state index in [2.05, 4.69) is 0 Å². The van der Waals surface area contributed by atoms with E-state index in [-0.39, 0.29) is 0 Å². The number of carbonyl (C=O) groups is 3. The van der Waals surface area contributed by atoms with Gasteiger partial charge in [0.15, 0.2) is 11.6 Å². The molecule has 6 nitrogen and oxygen atoms in total. The summed E-state index contributed by atoms with van der Waals surface area (Å²) in [5.74, 6) is -6.45. The van der Waals surface area contributed by atoms with E-state index in [0.717, 1.165) is 0 Å². The van der Waals surface area contributed by atoms with Gasteiger partial charge in [-0.25, -0.2) is 22.8 Å². The van der Waals surface area contributed by atoms with Crippen molar-refractivity contribution in [2.45, 2.75) is 0 Å². The monoisotopic (exact) mass is 288 g/mol. The average Bonchev–Trinajstić information content (AvgIpc) is 2.31. The molecule has 0 fully saturated rings. The number of urea groups is 1. The Kier molecular flexibility index (Phi) is 4.84. The Morgan fingerprint density at radius 3 is 2.10 bits per heavy atom. The van der Waals surface area contributed by atoms with E-state index in [9.17, 15) is 27.6 Å². The molecule has 0 radical (unpaired) electrons. The Balaban J connectivity index is 2.73. The van der Waals surface area contributed by atoms with Crippen molar-refractivity contribution in [1.82, 2.24) is 5.32 Å². The van der Waals surface area contributed by atoms with Gasteiger partial charge in [0.25, 0.3) is 5.91 Å². The summed E-state index contributed by atoms with van der Waals surface area (Å²) in [6.07, 6.45) is 0.987. The molecule has 0 bridgehead atoms. The van der Waals surface area contributed by atoms with Crippen LogP contribution in [-0.2, 0) is 9.59 Å². The fraction of sp³-hybridized carbons (Fsp3) is 0. The predicted octanol–water partition coefficient (Wildman–Crippen LogP) is 1.39. The van der Waals surface area contributed by atoms with Crippen LogP contribution in [0.3, 0.4) is 0 Å². The first-order valence-electron chi connectivity index (χ1n) is 4.97. The zero-order chi connectivity index (χ0) is 15.3. The summed E-state index contributed by atoms with van der Waals surface area (Å²) in [4.78, 5) is 32.3. The SMILES string of the molecule is O=C(O)C=CC(=O)NC(=O)Nc1c(F)cc(F)cc1F. The number of benzene rings is 1. The van der Waals surface area contributed by atoms with Crippen molar-refractivity contribution < 1.29 is 32.7 Å². The number of aliphatic carboxylic acids is 1. The minimum atomic E-state index is -1.42. The number of carbonyl (C=O) groups excluding carboxylic acids is 2. The Labute approximate surface area is 109 Å². The van der Waals surface area contributed by atoms with Crippen molar-refractivity contribution in [3.8, 4) is 0 Å². The molecule has 0 atom stereocenters. The molecule has 3 amide bonds. The van der Waals surface area contributed by atoms with E-state index >= 15 is 0 Å². The van der Waals surface area contributed by atoms with Crippen LogP contribution >= 0.6 is 0 Å². The Hall–Kier alpha value is -2.84. The number of anilines is 1. The minimum absolute atomic E-state index is 0.338. The van der Waals surface area contributed by atoms with Crippen LogP contribution in [0.25, 0.3) is 0 Å². The number of carboxylic acids is 1. The lowest BCUT2D eigenvalue weighted by atomic mass is 10.3. The van der Waals surface area contributed by atoms with Crippen molar-refractivity contribution in [2.24, 2.45) is 0 Å². The van der Waals surface area contributed by atoms with E-state index in [1.54, 1.807) is 10.6 Å². The Morgan fingerprint density at radius 1 is 1.05 bits per heavy atom. The molecule has 0 aromatic heterocycles. The molecule has 1 aromatic rings. The van der Waals surface area contributed by atoms with Gasteiger partial charge in [-0.1, -0.05) is 0 Å². The lowest BCUT2D eigenvalue weighted by Crippen LogP contribution is -2.33. The highest BCUT2D eigenvalue weighted by molar-refractivity contribution is 6.06. The second kappa shape index (κ2) is 6.36. The topological polar surface area (TPSA) is 95.5 Å². The summed E-state index contributed by atoms with van der Waals surface area (Å²) < 4.78 is 38.9. The van der Waals surface area contributed by atoms with Crippen molar-refractivity contribution in [3.05, 3.63) is 41.7 Å². The molecule has 0 saturated heterocycles. The Morgan fingerprint density at radius 2 is 1.60 bits per heavy atom. The number of imide groups is 1. The number of hydrogen-bond donors (Lipinski definition) is 3. The first-order valence-corrected chi connectivity index (χ1v) is 4.97. The van der Waals surface area contributed by atoms with Crippen LogP contribution in [0.2, 0.25) is 0 Å². The number of hydrogen-bond acceptors (Lipinski definition) is 3. The van der Waals surface area contributed by atoms with Gasteiger partial charge in [-0.2, -0.15) is 0 Å². The fourth-order valence-electron chi connectivity index (χ4n) is 1.11. The standard InChI is InChI=1S/C11H7F3N2O4/c12-5-3-6(13)10(7(14)4-5)16-11(20)15-8(17)1-2-9(18)19/h1-4H,(H,18,19)(H2,15,16,17,20). The molecule has 0 unspecified atom stereocenters. The van der Waals surface area contributed by atoms with E-state index in [4.69, 9.17) is 5.11 Å². The summed E-state index contributed by atoms with van der Waals surface area (Å²) in [5.41, 5.74) is -0.945. The largest absolute Gasteiger partial charge is 0.478 e. The quantitative estimate of drug-likeness (QED) is 0.732. The second-order valence-electron chi connectivity index (χ2n) is 3.36. The van der Waals surface area contributed by atoms with Crippen LogP contribution in [0.4, 0.5) is 23.7 Å². The summed E-state index contributed by atoms with van der Waals surface area (Å²) in [7, 11) is 0. The lowest BCUT2D eigenvalue weighted by molar-refractivity contribution is -0.131. The Bertz CT molecular complexity index is 578. The third kappa shape index (κ3) is 4.44.